The molecule has 2 atom stereocenters. The summed E-state index contributed by atoms with van der Waals surface area (Å²) in [4.78, 5) is 39.1. The van der Waals surface area contributed by atoms with Crippen molar-refractivity contribution in [3.05, 3.63) is 89.7 Å². The zero-order valence-corrected chi connectivity index (χ0v) is 26.4. The zero-order valence-electron chi connectivity index (χ0n) is 24.7. The van der Waals surface area contributed by atoms with E-state index in [9.17, 15) is 32.3 Å². The highest BCUT2D eigenvalue weighted by molar-refractivity contribution is 7.90. The number of hydrogen-bond acceptors (Lipinski definition) is 7. The van der Waals surface area contributed by atoms with Crippen molar-refractivity contribution >= 4 is 40.4 Å². The summed E-state index contributed by atoms with van der Waals surface area (Å²) in [7, 11) is -4.25. The second-order valence-electron chi connectivity index (χ2n) is 10.4. The topological polar surface area (TPSA) is 133 Å². The molecule has 0 aliphatic carbocycles. The van der Waals surface area contributed by atoms with Crippen LogP contribution in [-0.4, -0.2) is 61.1 Å². The van der Waals surface area contributed by atoms with E-state index in [4.69, 9.17) is 0 Å². The van der Waals surface area contributed by atoms with E-state index in [-0.39, 0.29) is 54.3 Å². The molecule has 0 unspecified atom stereocenters. The van der Waals surface area contributed by atoms with E-state index in [0.717, 1.165) is 5.56 Å². The maximum atomic E-state index is 14.1. The SMILES string of the molecule is CCCC(=O)N(CCNC(=O)[C@@H](CS)Cc1ccccc1F)Cc1ccc(-c2ccccc2S(=O)(=O)NC(=O)[C@H](C)O)cc1. The van der Waals surface area contributed by atoms with Gasteiger partial charge in [0.15, 0.2) is 0 Å². The van der Waals surface area contributed by atoms with Crippen LogP contribution >= 0.6 is 12.6 Å². The number of aliphatic hydroxyl groups is 1. The van der Waals surface area contributed by atoms with Crippen molar-refractivity contribution in [2.24, 2.45) is 5.92 Å². The average Bonchev–Trinajstić information content (AvgIpc) is 3.00. The van der Waals surface area contributed by atoms with Gasteiger partial charge in [-0.3, -0.25) is 14.4 Å². The number of carbonyl (C=O) groups excluding carboxylic acids is 3. The second kappa shape index (κ2) is 16.4. The van der Waals surface area contributed by atoms with Gasteiger partial charge in [0.05, 0.1) is 10.8 Å². The Hall–Kier alpha value is -3.74. The molecular weight excluding hydrogens is 605 g/mol. The number of amides is 3. The Morgan fingerprint density at radius 2 is 1.64 bits per heavy atom. The first-order valence-electron chi connectivity index (χ1n) is 14.3. The molecular formula is C32H38FN3O6S2. The van der Waals surface area contributed by atoms with Crippen LogP contribution < -0.4 is 10.0 Å². The van der Waals surface area contributed by atoms with Gasteiger partial charge in [0.25, 0.3) is 15.9 Å². The van der Waals surface area contributed by atoms with E-state index in [1.165, 1.54) is 25.1 Å². The fraction of sp³-hybridized carbons (Fsp3) is 0.344. The number of carbonyl (C=O) groups is 3. The van der Waals surface area contributed by atoms with Gasteiger partial charge >= 0.3 is 0 Å². The molecule has 9 nitrogen and oxygen atoms in total. The molecule has 0 bridgehead atoms. The van der Waals surface area contributed by atoms with Crippen molar-refractivity contribution in [3.63, 3.8) is 0 Å². The minimum absolute atomic E-state index is 0.0757. The van der Waals surface area contributed by atoms with Gasteiger partial charge in [0.1, 0.15) is 11.9 Å². The maximum Gasteiger partial charge on any atom is 0.264 e. The van der Waals surface area contributed by atoms with Crippen LogP contribution in [-0.2, 0) is 37.4 Å². The number of rotatable bonds is 15. The molecule has 0 spiro atoms. The van der Waals surface area contributed by atoms with Crippen molar-refractivity contribution in [1.29, 1.82) is 0 Å². The van der Waals surface area contributed by atoms with Gasteiger partial charge in [-0.15, -0.1) is 0 Å². The van der Waals surface area contributed by atoms with Crippen LogP contribution in [0.4, 0.5) is 4.39 Å². The van der Waals surface area contributed by atoms with E-state index in [1.807, 2.05) is 11.6 Å². The number of nitrogens with zero attached hydrogens (tertiary/aromatic N) is 1. The highest BCUT2D eigenvalue weighted by Crippen LogP contribution is 2.28. The Morgan fingerprint density at radius 1 is 0.977 bits per heavy atom. The van der Waals surface area contributed by atoms with Gasteiger partial charge in [0, 0.05) is 37.4 Å². The van der Waals surface area contributed by atoms with Gasteiger partial charge in [-0.2, -0.15) is 12.6 Å². The van der Waals surface area contributed by atoms with E-state index < -0.39 is 28.0 Å². The summed E-state index contributed by atoms with van der Waals surface area (Å²) >= 11 is 4.28. The lowest BCUT2D eigenvalue weighted by atomic mass is 10.00. The van der Waals surface area contributed by atoms with Crippen LogP contribution in [0.25, 0.3) is 11.1 Å². The van der Waals surface area contributed by atoms with E-state index in [0.29, 0.717) is 29.5 Å². The smallest absolute Gasteiger partial charge is 0.264 e. The predicted molar refractivity (Wildman–Crippen MR) is 170 cm³/mol. The molecule has 0 radical (unpaired) electrons. The van der Waals surface area contributed by atoms with Crippen molar-refractivity contribution in [3.8, 4) is 11.1 Å². The third-order valence-corrected chi connectivity index (χ3v) is 8.79. The number of thiol groups is 1. The second-order valence-corrected chi connectivity index (χ2v) is 12.4. The summed E-state index contributed by atoms with van der Waals surface area (Å²) in [6.07, 6.45) is -0.292. The molecule has 0 aromatic heterocycles. The van der Waals surface area contributed by atoms with Crippen molar-refractivity contribution in [2.75, 3.05) is 18.8 Å². The monoisotopic (exact) mass is 643 g/mol. The van der Waals surface area contributed by atoms with Crippen molar-refractivity contribution < 1.29 is 32.3 Å². The molecule has 3 rings (SSSR count). The van der Waals surface area contributed by atoms with Crippen LogP contribution in [0.1, 0.15) is 37.8 Å². The summed E-state index contributed by atoms with van der Waals surface area (Å²) in [5, 5.41) is 12.3. The number of aliphatic hydroxyl groups excluding tert-OH is 1. The lowest BCUT2D eigenvalue weighted by molar-refractivity contribution is -0.132. The Bertz CT molecular complexity index is 1550. The van der Waals surface area contributed by atoms with E-state index >= 15 is 0 Å². The van der Waals surface area contributed by atoms with Crippen molar-refractivity contribution in [2.45, 2.75) is 50.7 Å². The van der Waals surface area contributed by atoms with Gasteiger partial charge in [0.2, 0.25) is 11.8 Å². The molecule has 0 saturated carbocycles. The zero-order chi connectivity index (χ0) is 32.3. The lowest BCUT2D eigenvalue weighted by Gasteiger charge is -2.24. The first-order chi connectivity index (χ1) is 21.0. The Kier molecular flexibility index (Phi) is 12.9. The minimum Gasteiger partial charge on any atom is -0.384 e. The molecule has 3 aromatic rings. The van der Waals surface area contributed by atoms with E-state index in [2.05, 4.69) is 17.9 Å². The summed E-state index contributed by atoms with van der Waals surface area (Å²) in [5.74, 6) is -2.05. The van der Waals surface area contributed by atoms with Crippen LogP contribution in [0.2, 0.25) is 0 Å². The number of benzene rings is 3. The number of nitrogens with one attached hydrogen (secondary N) is 2. The normalized spacial score (nSPS) is 12.7. The molecule has 0 aliphatic rings. The summed E-state index contributed by atoms with van der Waals surface area (Å²) < 4.78 is 41.7. The predicted octanol–water partition coefficient (Wildman–Crippen LogP) is 3.71. The third kappa shape index (κ3) is 9.63. The number of sulfonamides is 1. The quantitative estimate of drug-likeness (QED) is 0.187. The standard InChI is InChI=1S/C32H38FN3O6S2/c1-3-8-30(38)36(18-17-34-32(40)26(21-43)19-25-9-4-6-11-28(25)33)20-23-13-15-24(16-14-23)27-10-5-7-12-29(27)44(41,42)35-31(39)22(2)37/h4-7,9-16,22,26,37,43H,3,8,17-21H2,1-2H3,(H,34,40)(H,35,39)/t22-,26+/m0/s1. The average molecular weight is 644 g/mol. The molecule has 3 N–H and O–H groups in total. The Labute approximate surface area is 263 Å². The first-order valence-corrected chi connectivity index (χ1v) is 16.4. The molecule has 44 heavy (non-hydrogen) atoms. The number of hydrogen-bond donors (Lipinski definition) is 4. The molecule has 0 saturated heterocycles. The molecule has 12 heteroatoms. The third-order valence-electron chi connectivity index (χ3n) is 6.94. The van der Waals surface area contributed by atoms with E-state index in [1.54, 1.807) is 59.5 Å². The van der Waals surface area contributed by atoms with Crippen LogP contribution in [0.15, 0.2) is 77.7 Å². The summed E-state index contributed by atoms with van der Waals surface area (Å²) in [6, 6.07) is 19.5. The molecule has 0 fully saturated rings. The molecule has 0 heterocycles. The molecule has 0 aliphatic heterocycles. The Balaban J connectivity index is 1.70. The van der Waals surface area contributed by atoms with Crippen LogP contribution in [0.5, 0.6) is 0 Å². The highest BCUT2D eigenvalue weighted by Gasteiger charge is 2.24. The van der Waals surface area contributed by atoms with Gasteiger partial charge < -0.3 is 15.3 Å². The summed E-state index contributed by atoms with van der Waals surface area (Å²) in [6.45, 7) is 3.81. The first kappa shape index (κ1) is 34.7. The lowest BCUT2D eigenvalue weighted by Crippen LogP contribution is -2.40. The van der Waals surface area contributed by atoms with Gasteiger partial charge in [-0.05, 0) is 48.6 Å². The Morgan fingerprint density at radius 3 is 2.27 bits per heavy atom. The summed E-state index contributed by atoms with van der Waals surface area (Å²) in [5.41, 5.74) is 2.17. The van der Waals surface area contributed by atoms with Gasteiger partial charge in [-0.1, -0.05) is 67.6 Å². The molecule has 3 aromatic carbocycles. The fourth-order valence-electron chi connectivity index (χ4n) is 4.51. The molecule has 3 amide bonds. The highest BCUT2D eigenvalue weighted by atomic mass is 32.2. The van der Waals surface area contributed by atoms with Crippen LogP contribution in [0.3, 0.4) is 0 Å². The molecule has 236 valence electrons. The van der Waals surface area contributed by atoms with Gasteiger partial charge in [-0.25, -0.2) is 17.5 Å². The fourth-order valence-corrected chi connectivity index (χ4v) is 6.09. The minimum atomic E-state index is -4.25. The van der Waals surface area contributed by atoms with Crippen molar-refractivity contribution in [1.82, 2.24) is 14.9 Å². The van der Waals surface area contributed by atoms with Crippen LogP contribution in [0, 0.1) is 11.7 Å². The number of halogens is 1. The maximum absolute atomic E-state index is 14.1. The largest absolute Gasteiger partial charge is 0.384 e.